The molecule has 1 aromatic carbocycles. The van der Waals surface area contributed by atoms with Gasteiger partial charge >= 0.3 is 0 Å². The SMILES string of the molecule is Cc1cccc(NC(=S)N2CCn3c(C)ccc3[C@H]2C)c1C. The summed E-state index contributed by atoms with van der Waals surface area (Å²) < 4.78 is 2.39. The average molecular weight is 313 g/mol. The van der Waals surface area contributed by atoms with E-state index in [1.165, 1.54) is 22.5 Å². The number of benzene rings is 1. The van der Waals surface area contributed by atoms with Gasteiger partial charge in [-0.3, -0.25) is 0 Å². The van der Waals surface area contributed by atoms with E-state index in [0.29, 0.717) is 6.04 Å². The van der Waals surface area contributed by atoms with Gasteiger partial charge in [-0.15, -0.1) is 0 Å². The summed E-state index contributed by atoms with van der Waals surface area (Å²) in [6.45, 7) is 10.6. The lowest BCUT2D eigenvalue weighted by molar-refractivity contribution is 0.274. The first-order chi connectivity index (χ1) is 10.5. The van der Waals surface area contributed by atoms with Crippen LogP contribution in [0, 0.1) is 20.8 Å². The fourth-order valence-corrected chi connectivity index (χ4v) is 3.53. The summed E-state index contributed by atoms with van der Waals surface area (Å²) in [5.74, 6) is 0. The number of nitrogens with zero attached hydrogens (tertiary/aromatic N) is 2. The zero-order valence-corrected chi connectivity index (χ0v) is 14.5. The molecule has 0 aliphatic carbocycles. The minimum atomic E-state index is 0.299. The standard InChI is InChI=1S/C18H23N3S/c1-12-6-5-7-16(14(12)3)19-18(22)21-11-10-20-13(2)8-9-17(20)15(21)4/h5-9,15H,10-11H2,1-4H3,(H,19,22)/t15-/m1/s1. The van der Waals surface area contributed by atoms with Gasteiger partial charge in [-0.25, -0.2) is 0 Å². The number of anilines is 1. The molecule has 1 aromatic heterocycles. The Bertz CT molecular complexity index is 717. The van der Waals surface area contributed by atoms with Crippen LogP contribution >= 0.6 is 12.2 Å². The van der Waals surface area contributed by atoms with E-state index in [-0.39, 0.29) is 0 Å². The summed E-state index contributed by atoms with van der Waals surface area (Å²) in [5, 5.41) is 4.25. The van der Waals surface area contributed by atoms with Crippen LogP contribution in [0.1, 0.15) is 35.5 Å². The van der Waals surface area contributed by atoms with Gasteiger partial charge in [-0.05, 0) is 69.2 Å². The predicted molar refractivity (Wildman–Crippen MR) is 96.4 cm³/mol. The number of rotatable bonds is 1. The molecular formula is C18H23N3S. The van der Waals surface area contributed by atoms with Crippen molar-refractivity contribution in [3.63, 3.8) is 0 Å². The Morgan fingerprint density at radius 2 is 1.91 bits per heavy atom. The number of aromatic nitrogens is 1. The molecule has 0 spiro atoms. The van der Waals surface area contributed by atoms with Crippen LogP contribution in [0.25, 0.3) is 0 Å². The van der Waals surface area contributed by atoms with Crippen molar-refractivity contribution in [1.29, 1.82) is 0 Å². The highest BCUT2D eigenvalue weighted by Crippen LogP contribution is 2.28. The lowest BCUT2D eigenvalue weighted by Gasteiger charge is -2.37. The van der Waals surface area contributed by atoms with Crippen molar-refractivity contribution in [2.75, 3.05) is 11.9 Å². The number of hydrogen-bond donors (Lipinski definition) is 1. The van der Waals surface area contributed by atoms with Crippen LogP contribution in [0.5, 0.6) is 0 Å². The molecule has 22 heavy (non-hydrogen) atoms. The van der Waals surface area contributed by atoms with E-state index >= 15 is 0 Å². The Labute approximate surface area is 137 Å². The van der Waals surface area contributed by atoms with Crippen LogP contribution in [0.15, 0.2) is 30.3 Å². The van der Waals surface area contributed by atoms with E-state index in [4.69, 9.17) is 12.2 Å². The molecule has 3 rings (SSSR count). The maximum Gasteiger partial charge on any atom is 0.174 e. The van der Waals surface area contributed by atoms with Crippen molar-refractivity contribution in [1.82, 2.24) is 9.47 Å². The van der Waals surface area contributed by atoms with Crippen LogP contribution in [0.4, 0.5) is 5.69 Å². The van der Waals surface area contributed by atoms with E-state index in [9.17, 15) is 0 Å². The Morgan fingerprint density at radius 3 is 2.68 bits per heavy atom. The molecule has 1 aliphatic rings. The largest absolute Gasteiger partial charge is 0.345 e. The third kappa shape index (κ3) is 2.52. The number of nitrogens with one attached hydrogen (secondary N) is 1. The number of hydrogen-bond acceptors (Lipinski definition) is 1. The fourth-order valence-electron chi connectivity index (χ4n) is 3.17. The van der Waals surface area contributed by atoms with Gasteiger partial charge in [0.2, 0.25) is 0 Å². The summed E-state index contributed by atoms with van der Waals surface area (Å²) in [6, 6.07) is 11.0. The Kier molecular flexibility index (Phi) is 3.96. The molecule has 1 aliphatic heterocycles. The summed E-state index contributed by atoms with van der Waals surface area (Å²) >= 11 is 5.68. The van der Waals surface area contributed by atoms with Gasteiger partial charge in [0.05, 0.1) is 6.04 Å². The monoisotopic (exact) mass is 313 g/mol. The maximum absolute atomic E-state index is 5.68. The molecule has 0 fully saturated rings. The van der Waals surface area contributed by atoms with Gasteiger partial charge in [0.1, 0.15) is 0 Å². The molecular weight excluding hydrogens is 290 g/mol. The lowest BCUT2D eigenvalue weighted by Crippen LogP contribution is -2.43. The zero-order valence-electron chi connectivity index (χ0n) is 13.7. The highest BCUT2D eigenvalue weighted by atomic mass is 32.1. The second kappa shape index (κ2) is 5.76. The highest BCUT2D eigenvalue weighted by Gasteiger charge is 2.26. The molecule has 0 saturated heterocycles. The van der Waals surface area contributed by atoms with Crippen molar-refractivity contribution in [3.05, 3.63) is 52.8 Å². The smallest absolute Gasteiger partial charge is 0.174 e. The van der Waals surface area contributed by atoms with Crippen LogP contribution in [-0.4, -0.2) is 21.1 Å². The molecule has 1 atom stereocenters. The molecule has 0 amide bonds. The maximum atomic E-state index is 5.68. The van der Waals surface area contributed by atoms with Crippen LogP contribution < -0.4 is 5.32 Å². The fraction of sp³-hybridized carbons (Fsp3) is 0.389. The predicted octanol–water partition coefficient (Wildman–Crippen LogP) is 4.19. The van der Waals surface area contributed by atoms with Crippen LogP contribution in [-0.2, 0) is 6.54 Å². The van der Waals surface area contributed by atoms with Gasteiger partial charge in [-0.2, -0.15) is 0 Å². The molecule has 116 valence electrons. The molecule has 2 heterocycles. The van der Waals surface area contributed by atoms with Crippen molar-refractivity contribution in [3.8, 4) is 0 Å². The number of aryl methyl sites for hydroxylation is 2. The summed E-state index contributed by atoms with van der Waals surface area (Å²) in [4.78, 5) is 2.28. The first kappa shape index (κ1) is 15.1. The number of thiocarbonyl (C=S) groups is 1. The molecule has 2 aromatic rings. The molecule has 3 nitrogen and oxygen atoms in total. The molecule has 0 radical (unpaired) electrons. The zero-order chi connectivity index (χ0) is 15.9. The molecule has 4 heteroatoms. The van der Waals surface area contributed by atoms with E-state index in [1.807, 2.05) is 0 Å². The lowest BCUT2D eigenvalue weighted by atomic mass is 10.1. The van der Waals surface area contributed by atoms with Crippen LogP contribution in [0.2, 0.25) is 0 Å². The van der Waals surface area contributed by atoms with E-state index in [1.54, 1.807) is 0 Å². The van der Waals surface area contributed by atoms with Crippen molar-refractivity contribution >= 4 is 23.0 Å². The average Bonchev–Trinajstić information content (AvgIpc) is 2.87. The number of fused-ring (bicyclic) bond motifs is 1. The third-order valence-electron chi connectivity index (χ3n) is 4.80. The second-order valence-corrected chi connectivity index (χ2v) is 6.48. The summed E-state index contributed by atoms with van der Waals surface area (Å²) in [5.41, 5.74) is 6.32. The minimum Gasteiger partial charge on any atom is -0.345 e. The van der Waals surface area contributed by atoms with Gasteiger partial charge in [0.25, 0.3) is 0 Å². The summed E-state index contributed by atoms with van der Waals surface area (Å²) in [7, 11) is 0. The van der Waals surface area contributed by atoms with Crippen molar-refractivity contribution in [2.24, 2.45) is 0 Å². The molecule has 0 bridgehead atoms. The quantitative estimate of drug-likeness (QED) is 0.797. The third-order valence-corrected chi connectivity index (χ3v) is 5.14. The van der Waals surface area contributed by atoms with Gasteiger partial charge in [-0.1, -0.05) is 12.1 Å². The highest BCUT2D eigenvalue weighted by molar-refractivity contribution is 7.80. The minimum absolute atomic E-state index is 0.299. The van der Waals surface area contributed by atoms with Gasteiger partial charge < -0.3 is 14.8 Å². The normalized spacial score (nSPS) is 17.3. The molecule has 1 N–H and O–H groups in total. The second-order valence-electron chi connectivity index (χ2n) is 6.10. The van der Waals surface area contributed by atoms with E-state index < -0.39 is 0 Å². The van der Waals surface area contributed by atoms with Crippen LogP contribution in [0.3, 0.4) is 0 Å². The first-order valence-electron chi connectivity index (χ1n) is 7.79. The molecule has 0 saturated carbocycles. The Balaban J connectivity index is 1.80. The molecule has 0 unspecified atom stereocenters. The Hall–Kier alpha value is -1.81. The van der Waals surface area contributed by atoms with E-state index in [2.05, 4.69) is 72.8 Å². The Morgan fingerprint density at radius 1 is 1.14 bits per heavy atom. The van der Waals surface area contributed by atoms with Gasteiger partial charge in [0, 0.05) is 30.2 Å². The van der Waals surface area contributed by atoms with Gasteiger partial charge in [0.15, 0.2) is 5.11 Å². The van der Waals surface area contributed by atoms with Crippen molar-refractivity contribution < 1.29 is 0 Å². The summed E-state index contributed by atoms with van der Waals surface area (Å²) in [6.07, 6.45) is 0. The topological polar surface area (TPSA) is 20.2 Å². The first-order valence-corrected chi connectivity index (χ1v) is 8.19. The van der Waals surface area contributed by atoms with Crippen molar-refractivity contribution in [2.45, 2.75) is 40.3 Å². The van der Waals surface area contributed by atoms with E-state index in [0.717, 1.165) is 23.9 Å².